The van der Waals surface area contributed by atoms with Crippen LogP contribution in [0.5, 0.6) is 5.75 Å². The van der Waals surface area contributed by atoms with Crippen molar-refractivity contribution < 1.29 is 9.53 Å². The summed E-state index contributed by atoms with van der Waals surface area (Å²) in [5, 5.41) is 2.85. The summed E-state index contributed by atoms with van der Waals surface area (Å²) in [6, 6.07) is 15.8. The third-order valence-electron chi connectivity index (χ3n) is 4.45. The molecule has 26 heavy (non-hydrogen) atoms. The number of aromatic amines is 1. The SMILES string of the molecule is COc1cccc2c(C)cc(SCC(=O)c3c[nH]c4ccccc34)nc12. The molecule has 4 aromatic rings. The summed E-state index contributed by atoms with van der Waals surface area (Å²) >= 11 is 1.45. The van der Waals surface area contributed by atoms with E-state index in [9.17, 15) is 4.79 Å². The number of ether oxygens (including phenoxy) is 1. The number of methoxy groups -OCH3 is 1. The number of hydrogen-bond donors (Lipinski definition) is 1. The molecule has 0 aliphatic heterocycles. The van der Waals surface area contributed by atoms with Crippen LogP contribution in [0, 0.1) is 6.92 Å². The van der Waals surface area contributed by atoms with Gasteiger partial charge in [0.05, 0.1) is 17.9 Å². The van der Waals surface area contributed by atoms with Crippen LogP contribution in [0.1, 0.15) is 15.9 Å². The number of nitrogens with zero attached hydrogens (tertiary/aromatic N) is 1. The third-order valence-corrected chi connectivity index (χ3v) is 5.36. The lowest BCUT2D eigenvalue weighted by atomic mass is 10.1. The number of rotatable bonds is 5. The number of aryl methyl sites for hydroxylation is 1. The van der Waals surface area contributed by atoms with Gasteiger partial charge in [-0.3, -0.25) is 4.79 Å². The number of ketones is 1. The highest BCUT2D eigenvalue weighted by molar-refractivity contribution is 7.99. The molecular weight excluding hydrogens is 344 g/mol. The summed E-state index contributed by atoms with van der Waals surface area (Å²) in [6.07, 6.45) is 1.79. The van der Waals surface area contributed by atoms with Crippen molar-refractivity contribution in [3.05, 3.63) is 65.9 Å². The average Bonchev–Trinajstić information content (AvgIpc) is 3.10. The molecule has 2 heterocycles. The van der Waals surface area contributed by atoms with E-state index in [2.05, 4.69) is 11.9 Å². The summed E-state index contributed by atoms with van der Waals surface area (Å²) in [4.78, 5) is 20.5. The number of thioether (sulfide) groups is 1. The summed E-state index contributed by atoms with van der Waals surface area (Å²) in [7, 11) is 1.64. The largest absolute Gasteiger partial charge is 0.494 e. The smallest absolute Gasteiger partial charge is 0.175 e. The van der Waals surface area contributed by atoms with Gasteiger partial charge in [0.1, 0.15) is 11.3 Å². The van der Waals surface area contributed by atoms with Crippen LogP contribution in [0.25, 0.3) is 21.8 Å². The minimum Gasteiger partial charge on any atom is -0.494 e. The summed E-state index contributed by atoms with van der Waals surface area (Å²) in [5.74, 6) is 1.18. The Bertz CT molecular complexity index is 1120. The van der Waals surface area contributed by atoms with Gasteiger partial charge in [0.15, 0.2) is 5.78 Å². The first kappa shape index (κ1) is 16.7. The molecule has 0 aliphatic carbocycles. The van der Waals surface area contributed by atoms with Crippen molar-refractivity contribution >= 4 is 39.4 Å². The molecule has 1 N–H and O–H groups in total. The first-order chi connectivity index (χ1) is 12.7. The van der Waals surface area contributed by atoms with Gasteiger partial charge >= 0.3 is 0 Å². The van der Waals surface area contributed by atoms with Gasteiger partial charge in [0, 0.05) is 28.0 Å². The number of pyridine rings is 1. The van der Waals surface area contributed by atoms with E-state index in [0.717, 1.165) is 43.7 Å². The molecular formula is C21H18N2O2S. The Morgan fingerprint density at radius 1 is 1.15 bits per heavy atom. The molecule has 2 aromatic carbocycles. The van der Waals surface area contributed by atoms with E-state index in [1.807, 2.05) is 48.5 Å². The Labute approximate surface area is 155 Å². The first-order valence-electron chi connectivity index (χ1n) is 8.34. The van der Waals surface area contributed by atoms with Crippen molar-refractivity contribution in [2.45, 2.75) is 11.9 Å². The molecule has 4 rings (SSSR count). The lowest BCUT2D eigenvalue weighted by Crippen LogP contribution is -2.02. The fraction of sp³-hybridized carbons (Fsp3) is 0.143. The molecule has 0 saturated heterocycles. The molecule has 0 atom stereocenters. The Hall–Kier alpha value is -2.79. The number of aromatic nitrogens is 2. The lowest BCUT2D eigenvalue weighted by molar-refractivity contribution is 0.102. The second-order valence-corrected chi connectivity index (χ2v) is 7.09. The Morgan fingerprint density at radius 2 is 1.96 bits per heavy atom. The normalized spacial score (nSPS) is 11.2. The van der Waals surface area contributed by atoms with E-state index in [1.54, 1.807) is 13.3 Å². The lowest BCUT2D eigenvalue weighted by Gasteiger charge is -2.09. The van der Waals surface area contributed by atoms with Crippen molar-refractivity contribution in [3.63, 3.8) is 0 Å². The van der Waals surface area contributed by atoms with E-state index in [1.165, 1.54) is 11.8 Å². The molecule has 0 unspecified atom stereocenters. The van der Waals surface area contributed by atoms with Crippen LogP contribution in [0.4, 0.5) is 0 Å². The maximum atomic E-state index is 12.7. The Kier molecular flexibility index (Phi) is 4.39. The highest BCUT2D eigenvalue weighted by Gasteiger charge is 2.14. The molecule has 5 heteroatoms. The van der Waals surface area contributed by atoms with Gasteiger partial charge in [-0.25, -0.2) is 4.98 Å². The Morgan fingerprint density at radius 3 is 2.81 bits per heavy atom. The van der Waals surface area contributed by atoms with Crippen LogP contribution in [-0.4, -0.2) is 28.6 Å². The van der Waals surface area contributed by atoms with Gasteiger partial charge < -0.3 is 9.72 Å². The topological polar surface area (TPSA) is 55.0 Å². The van der Waals surface area contributed by atoms with Gasteiger partial charge in [0.2, 0.25) is 0 Å². The van der Waals surface area contributed by atoms with Crippen molar-refractivity contribution in [3.8, 4) is 5.75 Å². The number of benzene rings is 2. The van der Waals surface area contributed by atoms with Crippen LogP contribution < -0.4 is 4.74 Å². The highest BCUT2D eigenvalue weighted by atomic mass is 32.2. The number of carbonyl (C=O) groups excluding carboxylic acids is 1. The van der Waals surface area contributed by atoms with E-state index >= 15 is 0 Å². The molecule has 0 spiro atoms. The predicted octanol–water partition coefficient (Wildman–Crippen LogP) is 5.01. The van der Waals surface area contributed by atoms with Gasteiger partial charge in [-0.15, -0.1) is 0 Å². The zero-order valence-corrected chi connectivity index (χ0v) is 15.4. The van der Waals surface area contributed by atoms with Crippen molar-refractivity contribution in [1.29, 1.82) is 0 Å². The van der Waals surface area contributed by atoms with E-state index in [4.69, 9.17) is 9.72 Å². The zero-order valence-electron chi connectivity index (χ0n) is 14.6. The highest BCUT2D eigenvalue weighted by Crippen LogP contribution is 2.30. The number of fused-ring (bicyclic) bond motifs is 2. The number of nitrogens with one attached hydrogen (secondary N) is 1. The molecule has 0 radical (unpaired) electrons. The van der Waals surface area contributed by atoms with Gasteiger partial charge in [-0.05, 0) is 30.7 Å². The summed E-state index contributed by atoms with van der Waals surface area (Å²) in [5.41, 5.74) is 3.65. The van der Waals surface area contributed by atoms with Crippen molar-refractivity contribution in [2.24, 2.45) is 0 Å². The number of Topliss-reactive ketones (excluding diaryl/α,β-unsaturated/α-hetero) is 1. The minimum atomic E-state index is 0.0898. The van der Waals surface area contributed by atoms with Crippen LogP contribution >= 0.6 is 11.8 Å². The number of para-hydroxylation sites is 2. The molecule has 0 saturated carbocycles. The van der Waals surface area contributed by atoms with Gasteiger partial charge in [0.25, 0.3) is 0 Å². The first-order valence-corrected chi connectivity index (χ1v) is 9.32. The fourth-order valence-corrected chi connectivity index (χ4v) is 3.97. The van der Waals surface area contributed by atoms with Crippen LogP contribution in [0.3, 0.4) is 0 Å². The predicted molar refractivity (Wildman–Crippen MR) is 106 cm³/mol. The fourth-order valence-electron chi connectivity index (χ4n) is 3.12. The summed E-state index contributed by atoms with van der Waals surface area (Å²) in [6.45, 7) is 2.05. The van der Waals surface area contributed by atoms with Gasteiger partial charge in [-0.1, -0.05) is 42.1 Å². The maximum absolute atomic E-state index is 12.7. The van der Waals surface area contributed by atoms with E-state index in [-0.39, 0.29) is 5.78 Å². The average molecular weight is 362 g/mol. The van der Waals surface area contributed by atoms with E-state index in [0.29, 0.717) is 5.75 Å². The second kappa shape index (κ2) is 6.84. The quantitative estimate of drug-likeness (QED) is 0.401. The third kappa shape index (κ3) is 2.95. The van der Waals surface area contributed by atoms with Crippen LogP contribution in [0.15, 0.2) is 59.8 Å². The van der Waals surface area contributed by atoms with Crippen LogP contribution in [0.2, 0.25) is 0 Å². The Balaban J connectivity index is 1.60. The van der Waals surface area contributed by atoms with Crippen LogP contribution in [-0.2, 0) is 0 Å². The molecule has 0 amide bonds. The number of carbonyl (C=O) groups is 1. The van der Waals surface area contributed by atoms with Gasteiger partial charge in [-0.2, -0.15) is 0 Å². The molecule has 4 nitrogen and oxygen atoms in total. The molecule has 0 aliphatic rings. The standard InChI is InChI=1S/C21H18N2O2S/c1-13-10-20(23-21-14(13)7-5-9-19(21)25-2)26-12-18(24)16-11-22-17-8-4-3-6-15(16)17/h3-11,22H,12H2,1-2H3. The van der Waals surface area contributed by atoms with Crippen molar-refractivity contribution in [2.75, 3.05) is 12.9 Å². The molecule has 0 fully saturated rings. The molecule has 2 aromatic heterocycles. The monoisotopic (exact) mass is 362 g/mol. The summed E-state index contributed by atoms with van der Waals surface area (Å²) < 4.78 is 5.43. The molecule has 130 valence electrons. The molecule has 0 bridgehead atoms. The van der Waals surface area contributed by atoms with Crippen molar-refractivity contribution in [1.82, 2.24) is 9.97 Å². The number of hydrogen-bond acceptors (Lipinski definition) is 4. The number of H-pyrrole nitrogens is 1. The van der Waals surface area contributed by atoms with E-state index < -0.39 is 0 Å². The zero-order chi connectivity index (χ0) is 18.1. The minimum absolute atomic E-state index is 0.0898. The maximum Gasteiger partial charge on any atom is 0.175 e. The second-order valence-electron chi connectivity index (χ2n) is 6.09.